The molecular formula is C23H24FN3O4. The molecule has 0 bridgehead atoms. The van der Waals surface area contributed by atoms with Gasteiger partial charge in [-0.15, -0.1) is 0 Å². The summed E-state index contributed by atoms with van der Waals surface area (Å²) in [7, 11) is 0. The quantitative estimate of drug-likeness (QED) is 0.435. The highest BCUT2D eigenvalue weighted by Gasteiger charge is 2.46. The molecule has 1 atom stereocenters. The van der Waals surface area contributed by atoms with E-state index in [0.29, 0.717) is 31.9 Å². The maximum Gasteiger partial charge on any atom is 0.295 e. The largest absolute Gasteiger partial charge is 0.507 e. The zero-order valence-electron chi connectivity index (χ0n) is 17.0. The van der Waals surface area contributed by atoms with Crippen LogP contribution in [0.1, 0.15) is 23.7 Å². The van der Waals surface area contributed by atoms with E-state index in [0.717, 1.165) is 19.6 Å². The van der Waals surface area contributed by atoms with Crippen LogP contribution in [0.3, 0.4) is 0 Å². The molecule has 1 aromatic carbocycles. The third-order valence-electron chi connectivity index (χ3n) is 5.60. The Labute approximate surface area is 179 Å². The number of amides is 1. The Morgan fingerprint density at radius 2 is 1.84 bits per heavy atom. The third kappa shape index (κ3) is 4.50. The first kappa shape index (κ1) is 21.1. The minimum absolute atomic E-state index is 0.0262. The number of ketones is 1. The first-order valence-electron chi connectivity index (χ1n) is 10.3. The predicted octanol–water partition coefficient (Wildman–Crippen LogP) is 2.36. The van der Waals surface area contributed by atoms with Gasteiger partial charge in [-0.1, -0.05) is 6.07 Å². The molecule has 2 saturated heterocycles. The number of aliphatic hydroxyl groups excluding tert-OH is 1. The molecule has 31 heavy (non-hydrogen) atoms. The van der Waals surface area contributed by atoms with Gasteiger partial charge in [-0.25, -0.2) is 4.39 Å². The molecule has 3 heterocycles. The van der Waals surface area contributed by atoms with Crippen LogP contribution in [0.2, 0.25) is 0 Å². The number of carbonyl (C=O) groups excluding carboxylic acids is 2. The van der Waals surface area contributed by atoms with Crippen LogP contribution in [0, 0.1) is 5.82 Å². The van der Waals surface area contributed by atoms with Gasteiger partial charge in [0.15, 0.2) is 0 Å². The number of aromatic nitrogens is 1. The van der Waals surface area contributed by atoms with Crippen molar-refractivity contribution in [1.29, 1.82) is 0 Å². The number of likely N-dealkylation sites (tertiary alicyclic amines) is 1. The summed E-state index contributed by atoms with van der Waals surface area (Å²) >= 11 is 0. The lowest BCUT2D eigenvalue weighted by Crippen LogP contribution is -2.39. The normalized spacial score (nSPS) is 21.6. The summed E-state index contributed by atoms with van der Waals surface area (Å²) in [5.74, 6) is -2.21. The van der Waals surface area contributed by atoms with Crippen molar-refractivity contribution in [2.75, 3.05) is 39.4 Å². The van der Waals surface area contributed by atoms with E-state index in [-0.39, 0.29) is 16.9 Å². The minimum atomic E-state index is -0.795. The molecular weight excluding hydrogens is 401 g/mol. The zero-order valence-corrected chi connectivity index (χ0v) is 17.0. The molecule has 2 fully saturated rings. The van der Waals surface area contributed by atoms with Crippen molar-refractivity contribution in [1.82, 2.24) is 14.8 Å². The molecule has 8 heteroatoms. The lowest BCUT2D eigenvalue weighted by molar-refractivity contribution is -0.140. The van der Waals surface area contributed by atoms with Crippen LogP contribution < -0.4 is 0 Å². The van der Waals surface area contributed by atoms with E-state index in [1.165, 1.54) is 29.2 Å². The second kappa shape index (κ2) is 9.36. The predicted molar refractivity (Wildman–Crippen MR) is 112 cm³/mol. The Hall–Kier alpha value is -3.10. The Bertz CT molecular complexity index is 972. The third-order valence-corrected chi connectivity index (χ3v) is 5.60. The number of nitrogens with zero attached hydrogens (tertiary/aromatic N) is 3. The van der Waals surface area contributed by atoms with Crippen molar-refractivity contribution in [2.24, 2.45) is 0 Å². The molecule has 2 aliphatic rings. The van der Waals surface area contributed by atoms with Crippen molar-refractivity contribution in [3.63, 3.8) is 0 Å². The molecule has 0 saturated carbocycles. The monoisotopic (exact) mass is 425 g/mol. The maximum atomic E-state index is 13.3. The van der Waals surface area contributed by atoms with Crippen LogP contribution in [-0.2, 0) is 14.3 Å². The zero-order chi connectivity index (χ0) is 21.8. The van der Waals surface area contributed by atoms with Crippen molar-refractivity contribution < 1.29 is 23.8 Å². The Morgan fingerprint density at radius 1 is 1.10 bits per heavy atom. The van der Waals surface area contributed by atoms with Crippen LogP contribution in [0.4, 0.5) is 4.39 Å². The van der Waals surface area contributed by atoms with Gasteiger partial charge in [-0.2, -0.15) is 0 Å². The van der Waals surface area contributed by atoms with Gasteiger partial charge in [-0.05, 0) is 42.8 Å². The number of aliphatic hydroxyl groups is 1. The fourth-order valence-corrected chi connectivity index (χ4v) is 4.01. The number of halogens is 1. The van der Waals surface area contributed by atoms with E-state index in [9.17, 15) is 19.1 Å². The summed E-state index contributed by atoms with van der Waals surface area (Å²) in [6, 6.07) is 9.60. The van der Waals surface area contributed by atoms with Gasteiger partial charge in [0.05, 0.1) is 24.5 Å². The molecule has 1 unspecified atom stereocenters. The van der Waals surface area contributed by atoms with E-state index >= 15 is 0 Å². The average molecular weight is 425 g/mol. The van der Waals surface area contributed by atoms with Gasteiger partial charge >= 0.3 is 0 Å². The highest BCUT2D eigenvalue weighted by molar-refractivity contribution is 6.46. The average Bonchev–Trinajstić information content (AvgIpc) is 3.05. The number of benzene rings is 1. The lowest BCUT2D eigenvalue weighted by Gasteiger charge is -2.28. The Morgan fingerprint density at radius 3 is 2.52 bits per heavy atom. The summed E-state index contributed by atoms with van der Waals surface area (Å²) in [5.41, 5.74) is 0.743. The summed E-state index contributed by atoms with van der Waals surface area (Å²) in [6.45, 7) is 4.19. The number of pyridine rings is 1. The number of carbonyl (C=O) groups is 2. The van der Waals surface area contributed by atoms with E-state index in [4.69, 9.17) is 4.74 Å². The van der Waals surface area contributed by atoms with Gasteiger partial charge in [0, 0.05) is 37.9 Å². The highest BCUT2D eigenvalue weighted by atomic mass is 19.1. The van der Waals surface area contributed by atoms with E-state index < -0.39 is 23.5 Å². The van der Waals surface area contributed by atoms with Crippen molar-refractivity contribution in [2.45, 2.75) is 12.5 Å². The van der Waals surface area contributed by atoms with Crippen LogP contribution in [0.5, 0.6) is 0 Å². The number of rotatable bonds is 6. The molecule has 2 aliphatic heterocycles. The van der Waals surface area contributed by atoms with Crippen molar-refractivity contribution in [3.8, 4) is 0 Å². The van der Waals surface area contributed by atoms with Gasteiger partial charge in [0.1, 0.15) is 17.6 Å². The van der Waals surface area contributed by atoms with Gasteiger partial charge in [0.25, 0.3) is 11.7 Å². The second-order valence-electron chi connectivity index (χ2n) is 7.56. The molecule has 2 aromatic rings. The van der Waals surface area contributed by atoms with Crippen LogP contribution >= 0.6 is 0 Å². The van der Waals surface area contributed by atoms with Crippen molar-refractivity contribution >= 4 is 17.4 Å². The number of Topliss-reactive ketones (excluding diaryl/α,β-unsaturated/α-hetero) is 1. The first-order chi connectivity index (χ1) is 15.1. The molecule has 0 aliphatic carbocycles. The van der Waals surface area contributed by atoms with Gasteiger partial charge < -0.3 is 14.7 Å². The molecule has 1 aromatic heterocycles. The van der Waals surface area contributed by atoms with Crippen LogP contribution in [-0.4, -0.2) is 71.0 Å². The first-order valence-corrected chi connectivity index (χ1v) is 10.3. The second-order valence-corrected chi connectivity index (χ2v) is 7.56. The molecule has 1 amide bonds. The molecule has 0 radical (unpaired) electrons. The van der Waals surface area contributed by atoms with Crippen LogP contribution in [0.25, 0.3) is 5.76 Å². The summed E-state index contributed by atoms with van der Waals surface area (Å²) in [4.78, 5) is 33.9. The lowest BCUT2D eigenvalue weighted by atomic mass is 9.98. The molecule has 4 rings (SSSR count). The number of ether oxygens (including phenoxy) is 1. The summed E-state index contributed by atoms with van der Waals surface area (Å²) in [6.07, 6.45) is 2.26. The molecule has 162 valence electrons. The molecule has 7 nitrogen and oxygen atoms in total. The maximum absolute atomic E-state index is 13.3. The van der Waals surface area contributed by atoms with E-state index in [2.05, 4.69) is 9.88 Å². The Kier molecular flexibility index (Phi) is 6.39. The van der Waals surface area contributed by atoms with E-state index in [1.54, 1.807) is 24.4 Å². The standard InChI is InChI=1S/C23H24FN3O4/c24-17-7-5-16(6-8-17)21(28)19-20(18-4-1-2-9-25-18)27(23(30)22(19)29)11-3-10-26-12-14-31-15-13-26/h1-2,4-9,20,28H,3,10-15H2/b21-19+. The van der Waals surface area contributed by atoms with Crippen LogP contribution in [0.15, 0.2) is 54.2 Å². The SMILES string of the molecule is O=C1C(=O)N(CCCN2CCOCC2)C(c2ccccn2)/C1=C(\O)c1ccc(F)cc1. The smallest absolute Gasteiger partial charge is 0.295 e. The van der Waals surface area contributed by atoms with Gasteiger partial charge in [-0.3, -0.25) is 19.5 Å². The number of hydrogen-bond acceptors (Lipinski definition) is 6. The highest BCUT2D eigenvalue weighted by Crippen LogP contribution is 2.38. The Balaban J connectivity index is 1.64. The topological polar surface area (TPSA) is 83.0 Å². The van der Waals surface area contributed by atoms with Crippen molar-refractivity contribution in [3.05, 3.63) is 71.3 Å². The van der Waals surface area contributed by atoms with E-state index in [1.807, 2.05) is 0 Å². The fraction of sp³-hybridized carbons (Fsp3) is 0.348. The van der Waals surface area contributed by atoms with Gasteiger partial charge in [0.2, 0.25) is 0 Å². The summed E-state index contributed by atoms with van der Waals surface area (Å²) < 4.78 is 18.7. The number of hydrogen-bond donors (Lipinski definition) is 1. The number of morpholine rings is 1. The minimum Gasteiger partial charge on any atom is -0.507 e. The molecule has 0 spiro atoms. The summed E-state index contributed by atoms with van der Waals surface area (Å²) in [5, 5.41) is 10.9. The fourth-order valence-electron chi connectivity index (χ4n) is 4.01. The molecule has 1 N–H and O–H groups in total.